The van der Waals surface area contributed by atoms with Crippen LogP contribution in [0, 0.1) is 6.92 Å². The zero-order chi connectivity index (χ0) is 10.4. The lowest BCUT2D eigenvalue weighted by atomic mass is 10.0. The Labute approximate surface area is 96.6 Å². The van der Waals surface area contributed by atoms with Crippen molar-refractivity contribution in [1.82, 2.24) is 14.7 Å². The second-order valence-electron chi connectivity index (χ2n) is 4.00. The Bertz CT molecular complexity index is 514. The number of aryl methyl sites for hydroxylation is 1. The second kappa shape index (κ2) is 3.32. The third-order valence-electron chi connectivity index (χ3n) is 2.98. The van der Waals surface area contributed by atoms with Gasteiger partial charge in [0.15, 0.2) is 0 Å². The first-order valence-electron chi connectivity index (χ1n) is 5.11. The zero-order valence-corrected chi connectivity index (χ0v) is 10.1. The van der Waals surface area contributed by atoms with Gasteiger partial charge in [-0.25, -0.2) is 4.98 Å². The molecule has 2 aromatic rings. The number of hydrogen-bond donors (Lipinski definition) is 1. The Morgan fingerprint density at radius 2 is 2.27 bits per heavy atom. The molecule has 0 radical (unpaired) electrons. The fourth-order valence-corrected chi connectivity index (χ4v) is 2.53. The lowest BCUT2D eigenvalue weighted by Crippen LogP contribution is -2.41. The summed E-state index contributed by atoms with van der Waals surface area (Å²) in [6.07, 6.45) is 0. The number of imidazole rings is 1. The third-order valence-corrected chi connectivity index (χ3v) is 3.57. The molecule has 4 heteroatoms. The molecular formula is C11H12BrN3. The summed E-state index contributed by atoms with van der Waals surface area (Å²) in [6, 6.07) is 6.29. The number of nitrogens with zero attached hydrogens (tertiary/aromatic N) is 2. The molecule has 0 bridgehead atoms. The van der Waals surface area contributed by atoms with Crippen LogP contribution < -0.4 is 5.32 Å². The van der Waals surface area contributed by atoms with Crippen molar-refractivity contribution in [2.24, 2.45) is 0 Å². The normalized spacial score (nSPS) is 16.9. The van der Waals surface area contributed by atoms with Crippen molar-refractivity contribution in [3.8, 4) is 0 Å². The molecule has 0 spiro atoms. The smallest absolute Gasteiger partial charge is 0.132 e. The fraction of sp³-hybridized carbons (Fsp3) is 0.364. The van der Waals surface area contributed by atoms with Crippen molar-refractivity contribution in [3.05, 3.63) is 34.3 Å². The average Bonchev–Trinajstić information content (AvgIpc) is 2.43. The first kappa shape index (κ1) is 9.36. The first-order valence-corrected chi connectivity index (χ1v) is 5.91. The zero-order valence-electron chi connectivity index (χ0n) is 8.50. The van der Waals surface area contributed by atoms with Gasteiger partial charge in [-0.2, -0.15) is 0 Å². The number of fused-ring (bicyclic) bond motifs is 1. The van der Waals surface area contributed by atoms with Gasteiger partial charge in [-0.15, -0.1) is 0 Å². The van der Waals surface area contributed by atoms with E-state index in [1.165, 1.54) is 11.5 Å². The van der Waals surface area contributed by atoms with Crippen LogP contribution in [0.2, 0.25) is 0 Å². The largest absolute Gasteiger partial charge is 0.315 e. The number of hydrogen-bond acceptors (Lipinski definition) is 2. The summed E-state index contributed by atoms with van der Waals surface area (Å²) in [4.78, 5) is 4.61. The highest BCUT2D eigenvalue weighted by Gasteiger charge is 2.25. The molecule has 1 aliphatic heterocycles. The van der Waals surface area contributed by atoms with Gasteiger partial charge < -0.3 is 5.32 Å². The van der Waals surface area contributed by atoms with Crippen LogP contribution in [0.25, 0.3) is 5.52 Å². The SMILES string of the molecule is Cc1cccc2c(Br)nc(C3CNC3)n12. The van der Waals surface area contributed by atoms with Crippen LogP contribution in [0.5, 0.6) is 0 Å². The van der Waals surface area contributed by atoms with E-state index in [0.29, 0.717) is 5.92 Å². The maximum absolute atomic E-state index is 4.61. The third kappa shape index (κ3) is 1.32. The van der Waals surface area contributed by atoms with E-state index >= 15 is 0 Å². The van der Waals surface area contributed by atoms with E-state index in [9.17, 15) is 0 Å². The van der Waals surface area contributed by atoms with Crippen LogP contribution in [0.15, 0.2) is 22.8 Å². The maximum atomic E-state index is 4.61. The van der Waals surface area contributed by atoms with Crippen molar-refractivity contribution >= 4 is 21.4 Å². The Hall–Kier alpha value is -0.870. The van der Waals surface area contributed by atoms with E-state index < -0.39 is 0 Å². The van der Waals surface area contributed by atoms with Gasteiger partial charge in [0, 0.05) is 24.7 Å². The van der Waals surface area contributed by atoms with Crippen molar-refractivity contribution in [2.75, 3.05) is 13.1 Å². The minimum atomic E-state index is 0.560. The van der Waals surface area contributed by atoms with Gasteiger partial charge in [-0.05, 0) is 35.0 Å². The molecular weight excluding hydrogens is 254 g/mol. The second-order valence-corrected chi connectivity index (χ2v) is 4.75. The molecule has 0 aromatic carbocycles. The Morgan fingerprint density at radius 3 is 2.93 bits per heavy atom. The topological polar surface area (TPSA) is 29.3 Å². The maximum Gasteiger partial charge on any atom is 0.132 e. The average molecular weight is 266 g/mol. The highest BCUT2D eigenvalue weighted by atomic mass is 79.9. The summed E-state index contributed by atoms with van der Waals surface area (Å²) < 4.78 is 3.20. The molecule has 0 unspecified atom stereocenters. The van der Waals surface area contributed by atoms with Crippen molar-refractivity contribution in [1.29, 1.82) is 0 Å². The summed E-state index contributed by atoms with van der Waals surface area (Å²) in [5.41, 5.74) is 2.41. The lowest BCUT2D eigenvalue weighted by molar-refractivity contribution is 0.428. The number of nitrogens with one attached hydrogen (secondary N) is 1. The van der Waals surface area contributed by atoms with Crippen molar-refractivity contribution < 1.29 is 0 Å². The molecule has 3 rings (SSSR count). The van der Waals surface area contributed by atoms with Crippen LogP contribution in [0.1, 0.15) is 17.4 Å². The minimum Gasteiger partial charge on any atom is -0.315 e. The van der Waals surface area contributed by atoms with Gasteiger partial charge in [0.05, 0.1) is 5.52 Å². The molecule has 78 valence electrons. The Kier molecular flexibility index (Phi) is 2.07. The summed E-state index contributed by atoms with van der Waals surface area (Å²) in [7, 11) is 0. The molecule has 0 atom stereocenters. The van der Waals surface area contributed by atoms with E-state index in [1.807, 2.05) is 0 Å². The van der Waals surface area contributed by atoms with E-state index in [1.54, 1.807) is 0 Å². The standard InChI is InChI=1S/C11H12BrN3/c1-7-3-2-4-9-10(12)14-11(15(7)9)8-5-13-6-8/h2-4,8,13H,5-6H2,1H3. The van der Waals surface area contributed by atoms with Crippen LogP contribution in [0.3, 0.4) is 0 Å². The molecule has 1 fully saturated rings. The molecule has 1 saturated heterocycles. The summed E-state index contributed by atoms with van der Waals surface area (Å²) in [6.45, 7) is 4.20. The monoisotopic (exact) mass is 265 g/mol. The van der Waals surface area contributed by atoms with Crippen LogP contribution >= 0.6 is 15.9 Å². The van der Waals surface area contributed by atoms with Crippen LogP contribution in [-0.2, 0) is 0 Å². The van der Waals surface area contributed by atoms with E-state index in [0.717, 1.165) is 23.2 Å². The summed E-state index contributed by atoms with van der Waals surface area (Å²) in [5.74, 6) is 1.73. The van der Waals surface area contributed by atoms with Gasteiger partial charge in [-0.1, -0.05) is 6.07 Å². The van der Waals surface area contributed by atoms with Crippen LogP contribution in [-0.4, -0.2) is 22.5 Å². The quantitative estimate of drug-likeness (QED) is 0.856. The predicted octanol–water partition coefficient (Wildman–Crippen LogP) is 2.09. The highest BCUT2D eigenvalue weighted by molar-refractivity contribution is 9.10. The first-order chi connectivity index (χ1) is 7.27. The molecule has 1 aliphatic rings. The van der Waals surface area contributed by atoms with Gasteiger partial charge in [0.2, 0.25) is 0 Å². The molecule has 3 nitrogen and oxygen atoms in total. The van der Waals surface area contributed by atoms with Crippen molar-refractivity contribution in [3.63, 3.8) is 0 Å². The summed E-state index contributed by atoms with van der Waals surface area (Å²) >= 11 is 3.52. The Morgan fingerprint density at radius 1 is 1.47 bits per heavy atom. The molecule has 3 heterocycles. The molecule has 2 aromatic heterocycles. The summed E-state index contributed by atoms with van der Waals surface area (Å²) in [5, 5.41) is 3.28. The molecule has 0 saturated carbocycles. The lowest BCUT2D eigenvalue weighted by Gasteiger charge is -2.26. The predicted molar refractivity (Wildman–Crippen MR) is 63.2 cm³/mol. The Balaban J connectivity index is 2.29. The number of aromatic nitrogens is 2. The van der Waals surface area contributed by atoms with E-state index in [-0.39, 0.29) is 0 Å². The number of rotatable bonds is 1. The highest BCUT2D eigenvalue weighted by Crippen LogP contribution is 2.26. The van der Waals surface area contributed by atoms with Crippen LogP contribution in [0.4, 0.5) is 0 Å². The fourth-order valence-electron chi connectivity index (χ4n) is 2.04. The van der Waals surface area contributed by atoms with Gasteiger partial charge in [0.25, 0.3) is 0 Å². The molecule has 0 amide bonds. The van der Waals surface area contributed by atoms with Crippen molar-refractivity contribution in [2.45, 2.75) is 12.8 Å². The molecule has 15 heavy (non-hydrogen) atoms. The van der Waals surface area contributed by atoms with Gasteiger partial charge in [-0.3, -0.25) is 4.40 Å². The molecule has 1 N–H and O–H groups in total. The van der Waals surface area contributed by atoms with Gasteiger partial charge >= 0.3 is 0 Å². The number of pyridine rings is 1. The van der Waals surface area contributed by atoms with E-state index in [4.69, 9.17) is 0 Å². The number of halogens is 1. The van der Waals surface area contributed by atoms with E-state index in [2.05, 4.69) is 55.8 Å². The minimum absolute atomic E-state index is 0.560. The van der Waals surface area contributed by atoms with Gasteiger partial charge in [0.1, 0.15) is 10.4 Å². The molecule has 0 aliphatic carbocycles.